The monoisotopic (exact) mass is 179 g/mol. The first-order valence-electron chi connectivity index (χ1n) is 4.58. The molecule has 0 saturated heterocycles. The maximum absolute atomic E-state index is 5.78. The van der Waals surface area contributed by atoms with Crippen LogP contribution in [0.2, 0.25) is 0 Å². The third-order valence-corrected chi connectivity index (χ3v) is 1.74. The molecule has 0 atom stereocenters. The van der Waals surface area contributed by atoms with Gasteiger partial charge in [-0.05, 0) is 30.5 Å². The number of nitrogens with two attached hydrogens (primary N) is 1. The summed E-state index contributed by atoms with van der Waals surface area (Å²) in [4.78, 5) is 0. The second kappa shape index (κ2) is 4.17. The normalized spacial score (nSPS) is 10.5. The van der Waals surface area contributed by atoms with Crippen molar-refractivity contribution in [1.82, 2.24) is 0 Å². The summed E-state index contributed by atoms with van der Waals surface area (Å²) >= 11 is 0. The van der Waals surface area contributed by atoms with Crippen molar-refractivity contribution in [3.05, 3.63) is 23.8 Å². The van der Waals surface area contributed by atoms with Gasteiger partial charge in [0.05, 0.1) is 12.3 Å². The number of hydrogen-bond acceptors (Lipinski definition) is 2. The van der Waals surface area contributed by atoms with Crippen molar-refractivity contribution in [3.63, 3.8) is 0 Å². The fourth-order valence-electron chi connectivity index (χ4n) is 1.06. The van der Waals surface area contributed by atoms with Gasteiger partial charge in [-0.1, -0.05) is 19.9 Å². The molecule has 13 heavy (non-hydrogen) atoms. The number of hydrogen-bond donors (Lipinski definition) is 1. The lowest BCUT2D eigenvalue weighted by Gasteiger charge is -2.10. The lowest BCUT2D eigenvalue weighted by molar-refractivity contribution is 0.272. The van der Waals surface area contributed by atoms with Crippen molar-refractivity contribution in [1.29, 1.82) is 0 Å². The van der Waals surface area contributed by atoms with Crippen LogP contribution in [0.25, 0.3) is 0 Å². The van der Waals surface area contributed by atoms with Crippen molar-refractivity contribution < 1.29 is 4.74 Å². The van der Waals surface area contributed by atoms with Crippen LogP contribution in [-0.4, -0.2) is 6.61 Å². The number of aryl methyl sites for hydroxylation is 1. The SMILES string of the molecule is Cc1ccc(OCC(C)C)c(N)c1. The van der Waals surface area contributed by atoms with Crippen molar-refractivity contribution in [3.8, 4) is 5.75 Å². The number of benzene rings is 1. The van der Waals surface area contributed by atoms with E-state index in [1.807, 2.05) is 25.1 Å². The Morgan fingerprint density at radius 3 is 2.62 bits per heavy atom. The predicted octanol–water partition coefficient (Wildman–Crippen LogP) is 2.61. The highest BCUT2D eigenvalue weighted by Gasteiger charge is 2.01. The van der Waals surface area contributed by atoms with E-state index in [1.165, 1.54) is 0 Å². The summed E-state index contributed by atoms with van der Waals surface area (Å²) in [5.41, 5.74) is 7.67. The fraction of sp³-hybridized carbons (Fsp3) is 0.455. The minimum Gasteiger partial charge on any atom is -0.491 e. The van der Waals surface area contributed by atoms with Gasteiger partial charge in [0.2, 0.25) is 0 Å². The molecule has 2 heteroatoms. The largest absolute Gasteiger partial charge is 0.491 e. The molecule has 72 valence electrons. The van der Waals surface area contributed by atoms with Crippen molar-refractivity contribution >= 4 is 5.69 Å². The van der Waals surface area contributed by atoms with Gasteiger partial charge >= 0.3 is 0 Å². The molecule has 0 amide bonds. The third-order valence-electron chi connectivity index (χ3n) is 1.74. The Kier molecular flexibility index (Phi) is 3.18. The molecule has 0 aliphatic heterocycles. The first-order valence-corrected chi connectivity index (χ1v) is 4.58. The average Bonchev–Trinajstić information content (AvgIpc) is 2.02. The van der Waals surface area contributed by atoms with Crippen LogP contribution in [0.5, 0.6) is 5.75 Å². The molecule has 2 nitrogen and oxygen atoms in total. The summed E-state index contributed by atoms with van der Waals surface area (Å²) in [6.45, 7) is 6.96. The maximum Gasteiger partial charge on any atom is 0.142 e. The summed E-state index contributed by atoms with van der Waals surface area (Å²) in [5.74, 6) is 1.32. The van der Waals surface area contributed by atoms with E-state index in [-0.39, 0.29) is 0 Å². The number of nitrogen functional groups attached to an aromatic ring is 1. The van der Waals surface area contributed by atoms with Gasteiger partial charge < -0.3 is 10.5 Å². The Balaban J connectivity index is 2.67. The maximum atomic E-state index is 5.78. The minimum absolute atomic E-state index is 0.528. The standard InChI is InChI=1S/C11H17NO/c1-8(2)7-13-11-5-4-9(3)6-10(11)12/h4-6,8H,7,12H2,1-3H3. The lowest BCUT2D eigenvalue weighted by atomic mass is 10.2. The van der Waals surface area contributed by atoms with Crippen LogP contribution in [0.1, 0.15) is 19.4 Å². The second-order valence-corrected chi connectivity index (χ2v) is 3.75. The summed E-state index contributed by atoms with van der Waals surface area (Å²) in [6, 6.07) is 5.86. The zero-order valence-corrected chi connectivity index (χ0v) is 8.50. The Bertz CT molecular complexity index is 281. The summed E-state index contributed by atoms with van der Waals surface area (Å²) in [5, 5.41) is 0. The van der Waals surface area contributed by atoms with Gasteiger partial charge in [0, 0.05) is 0 Å². The zero-order valence-electron chi connectivity index (χ0n) is 8.50. The molecule has 0 aliphatic rings. The van der Waals surface area contributed by atoms with Crippen molar-refractivity contribution in [2.24, 2.45) is 5.92 Å². The molecule has 0 saturated carbocycles. The molecule has 1 rings (SSSR count). The van der Waals surface area contributed by atoms with Gasteiger partial charge in [0.15, 0.2) is 0 Å². The Labute approximate surface area is 79.7 Å². The highest BCUT2D eigenvalue weighted by atomic mass is 16.5. The average molecular weight is 179 g/mol. The first-order chi connectivity index (χ1) is 6.09. The lowest BCUT2D eigenvalue weighted by Crippen LogP contribution is -2.06. The predicted molar refractivity (Wildman–Crippen MR) is 55.9 cm³/mol. The van der Waals surface area contributed by atoms with Crippen LogP contribution < -0.4 is 10.5 Å². The Morgan fingerprint density at radius 2 is 2.08 bits per heavy atom. The van der Waals surface area contributed by atoms with E-state index in [1.54, 1.807) is 0 Å². The Morgan fingerprint density at radius 1 is 1.38 bits per heavy atom. The van der Waals surface area contributed by atoms with Gasteiger partial charge in [-0.2, -0.15) is 0 Å². The van der Waals surface area contributed by atoms with Crippen LogP contribution in [-0.2, 0) is 0 Å². The van der Waals surface area contributed by atoms with Crippen LogP contribution in [0.3, 0.4) is 0 Å². The van der Waals surface area contributed by atoms with Crippen molar-refractivity contribution in [2.75, 3.05) is 12.3 Å². The van der Waals surface area contributed by atoms with E-state index in [9.17, 15) is 0 Å². The smallest absolute Gasteiger partial charge is 0.142 e. The van der Waals surface area contributed by atoms with Crippen LogP contribution in [0.15, 0.2) is 18.2 Å². The molecule has 0 aromatic heterocycles. The molecular formula is C11H17NO. The molecule has 0 bridgehead atoms. The van der Waals surface area contributed by atoms with Crippen LogP contribution in [0.4, 0.5) is 5.69 Å². The quantitative estimate of drug-likeness (QED) is 0.724. The van der Waals surface area contributed by atoms with Gasteiger partial charge in [-0.3, -0.25) is 0 Å². The van der Waals surface area contributed by atoms with Crippen LogP contribution in [0, 0.1) is 12.8 Å². The third kappa shape index (κ3) is 2.98. The summed E-state index contributed by atoms with van der Waals surface area (Å²) in [7, 11) is 0. The molecule has 0 radical (unpaired) electrons. The number of rotatable bonds is 3. The van der Waals surface area contributed by atoms with E-state index in [0.29, 0.717) is 12.5 Å². The van der Waals surface area contributed by atoms with Gasteiger partial charge in [-0.25, -0.2) is 0 Å². The summed E-state index contributed by atoms with van der Waals surface area (Å²) in [6.07, 6.45) is 0. The molecule has 1 aromatic carbocycles. The molecule has 0 fully saturated rings. The van der Waals surface area contributed by atoms with Gasteiger partial charge in [0.25, 0.3) is 0 Å². The second-order valence-electron chi connectivity index (χ2n) is 3.75. The minimum atomic E-state index is 0.528. The van der Waals surface area contributed by atoms with E-state index in [4.69, 9.17) is 10.5 Å². The highest BCUT2D eigenvalue weighted by Crippen LogP contribution is 2.22. The molecule has 0 spiro atoms. The zero-order chi connectivity index (χ0) is 9.84. The van der Waals surface area contributed by atoms with E-state index < -0.39 is 0 Å². The molecule has 1 aromatic rings. The number of anilines is 1. The molecule has 0 heterocycles. The highest BCUT2D eigenvalue weighted by molar-refractivity contribution is 5.53. The Hall–Kier alpha value is -1.18. The molecule has 0 unspecified atom stereocenters. The van der Waals surface area contributed by atoms with E-state index in [2.05, 4.69) is 13.8 Å². The van der Waals surface area contributed by atoms with Gasteiger partial charge in [-0.15, -0.1) is 0 Å². The fourth-order valence-corrected chi connectivity index (χ4v) is 1.06. The van der Waals surface area contributed by atoms with Crippen LogP contribution >= 0.6 is 0 Å². The van der Waals surface area contributed by atoms with E-state index in [0.717, 1.165) is 17.0 Å². The molecule has 0 aliphatic carbocycles. The van der Waals surface area contributed by atoms with Crippen molar-refractivity contribution in [2.45, 2.75) is 20.8 Å². The first kappa shape index (κ1) is 9.90. The van der Waals surface area contributed by atoms with E-state index >= 15 is 0 Å². The topological polar surface area (TPSA) is 35.2 Å². The molecular weight excluding hydrogens is 162 g/mol. The molecule has 2 N–H and O–H groups in total. The number of ether oxygens (including phenoxy) is 1. The summed E-state index contributed by atoms with van der Waals surface area (Å²) < 4.78 is 5.53. The van der Waals surface area contributed by atoms with Gasteiger partial charge in [0.1, 0.15) is 5.75 Å².